The molecule has 0 aliphatic carbocycles. The summed E-state index contributed by atoms with van der Waals surface area (Å²) in [5.41, 5.74) is -25.5. The first-order chi connectivity index (χ1) is 35.1. The normalized spacial score (nSPS) is 13.3. The molecule has 0 saturated carbocycles. The zero-order valence-electron chi connectivity index (χ0n) is 38.1. The highest BCUT2D eigenvalue weighted by Gasteiger charge is 2.47. The third kappa shape index (κ3) is 13.7. The number of nitrogens with zero attached hydrogens (tertiary/aromatic N) is 2. The predicted molar refractivity (Wildman–Crippen MR) is 230 cm³/mol. The molecule has 0 bridgehead atoms. The van der Waals surface area contributed by atoms with Crippen molar-refractivity contribution in [3.63, 3.8) is 0 Å². The van der Waals surface area contributed by atoms with Crippen molar-refractivity contribution in [1.29, 1.82) is 0 Å². The Bertz CT molecular complexity index is 2800. The molecule has 0 unspecified atom stereocenters. The van der Waals surface area contributed by atoms with E-state index in [-0.39, 0.29) is 0 Å². The molecule has 7 aromatic rings. The Morgan fingerprint density at radius 1 is 0.364 bits per heavy atom. The summed E-state index contributed by atoms with van der Waals surface area (Å²) in [7, 11) is 0. The predicted octanol–water partition coefficient (Wildman–Crippen LogP) is 14.6. The van der Waals surface area contributed by atoms with Gasteiger partial charge in [0.25, 0.3) is 0 Å². The van der Waals surface area contributed by atoms with Crippen molar-refractivity contribution in [1.82, 2.24) is 4.98 Å². The topological polar surface area (TPSA) is 16.8 Å². The van der Waals surface area contributed by atoms with E-state index in [1.165, 1.54) is 16.7 Å². The number of aromatic nitrogens is 2. The van der Waals surface area contributed by atoms with Gasteiger partial charge in [0.05, 0.1) is 50.7 Å². The molecule has 6 aromatic carbocycles. The van der Waals surface area contributed by atoms with E-state index in [0.29, 0.717) is 0 Å². The molecule has 0 radical (unpaired) electrons. The van der Waals surface area contributed by atoms with Crippen LogP contribution in [0.4, 0.5) is 105 Å². The third-order valence-electron chi connectivity index (χ3n) is 11.8. The standard InChI is InChI=1S/C32H12BF24.C18H17N2/c34-25(35,36)13-1-14(26(37,38)39)6-21(5-13)33(22-7-15(27(40,41)42)2-16(8-22)28(43,44)45,23-9-17(29(46,47)48)3-18(10-23)30(49,50)51)24-11-19(31(52,53)54)4-20(12-24)32(55,56)57;1-15-7-5-6-10-17(15)18-14-20(12-11-19-18)13-16-8-3-2-4-9-16/h1-12H;2-12,14H,13H2,1H3/q-1;+1. The van der Waals surface area contributed by atoms with E-state index < -0.39 is 195 Å². The van der Waals surface area contributed by atoms with Crippen LogP contribution in [0.25, 0.3) is 11.3 Å². The quantitative estimate of drug-likeness (QED) is 0.0883. The monoisotopic (exact) mass is 1120 g/mol. The van der Waals surface area contributed by atoms with E-state index in [1.54, 1.807) is 0 Å². The van der Waals surface area contributed by atoms with Gasteiger partial charge in [-0.1, -0.05) is 103 Å². The molecule has 0 fully saturated rings. The van der Waals surface area contributed by atoms with Gasteiger partial charge in [0.2, 0.25) is 0 Å². The smallest absolute Gasteiger partial charge is 0.244 e. The van der Waals surface area contributed by atoms with Gasteiger partial charge in [-0.3, -0.25) is 0 Å². The molecule has 77 heavy (non-hydrogen) atoms. The summed E-state index contributed by atoms with van der Waals surface area (Å²) in [5.74, 6) is 0. The van der Waals surface area contributed by atoms with Gasteiger partial charge < -0.3 is 0 Å². The lowest BCUT2D eigenvalue weighted by molar-refractivity contribution is -0.688. The lowest BCUT2D eigenvalue weighted by Crippen LogP contribution is -2.75. The van der Waals surface area contributed by atoms with Gasteiger partial charge in [-0.05, 0) is 36.8 Å². The minimum Gasteiger partial charge on any atom is -0.244 e. The minimum absolute atomic E-state index is 0.691. The molecule has 2 nitrogen and oxygen atoms in total. The fraction of sp³-hybridized carbons (Fsp3) is 0.200. The molecule has 0 atom stereocenters. The summed E-state index contributed by atoms with van der Waals surface area (Å²) in [4.78, 5) is 4.49. The summed E-state index contributed by atoms with van der Waals surface area (Å²) in [6, 6.07) is 9.99. The SMILES string of the molecule is Cc1ccccc1-c1c[n+](Cc2ccccc2)ccn1.FC(F)(F)c1cc([B-](c2cc(C(F)(F)F)cc(C(F)(F)F)c2)(c2cc(C(F)(F)F)cc(C(F)(F)F)c2)c2cc(C(F)(F)F)cc(C(F)(F)F)c2)cc(C(F)(F)F)c1. The van der Waals surface area contributed by atoms with Crippen molar-refractivity contribution < 1.29 is 110 Å². The zero-order valence-corrected chi connectivity index (χ0v) is 38.1. The first-order valence-electron chi connectivity index (χ1n) is 21.4. The van der Waals surface area contributed by atoms with Crippen LogP contribution in [0.3, 0.4) is 0 Å². The van der Waals surface area contributed by atoms with Gasteiger partial charge in [-0.2, -0.15) is 132 Å². The van der Waals surface area contributed by atoms with E-state index in [2.05, 4.69) is 71.2 Å². The Morgan fingerprint density at radius 2 is 0.636 bits per heavy atom. The Morgan fingerprint density at radius 3 is 0.909 bits per heavy atom. The Hall–Kier alpha value is -7.22. The Balaban J connectivity index is 0.000000397. The van der Waals surface area contributed by atoms with Crippen LogP contribution >= 0.6 is 0 Å². The van der Waals surface area contributed by atoms with E-state index in [9.17, 15) is 105 Å². The van der Waals surface area contributed by atoms with Crippen LogP contribution in [0, 0.1) is 6.92 Å². The Kier molecular flexibility index (Phi) is 15.8. The number of halogens is 24. The average molecular weight is 1120 g/mol. The van der Waals surface area contributed by atoms with Gasteiger partial charge in [-0.25, -0.2) is 4.98 Å². The first kappa shape index (κ1) is 59.0. The van der Waals surface area contributed by atoms with Crippen LogP contribution < -0.4 is 26.4 Å². The van der Waals surface area contributed by atoms with Gasteiger partial charge >= 0.3 is 49.4 Å². The second-order valence-electron chi connectivity index (χ2n) is 17.1. The molecular weight excluding hydrogens is 1100 g/mol. The number of rotatable bonds is 7. The highest BCUT2D eigenvalue weighted by molar-refractivity contribution is 7.20. The third-order valence-corrected chi connectivity index (χ3v) is 11.8. The summed E-state index contributed by atoms with van der Waals surface area (Å²) in [6.07, 6.45) is -48.8. The molecule has 410 valence electrons. The summed E-state index contributed by atoms with van der Waals surface area (Å²) < 4.78 is 343. The number of aryl methyl sites for hydroxylation is 1. The van der Waals surface area contributed by atoms with Crippen LogP contribution in [0.1, 0.15) is 55.6 Å². The van der Waals surface area contributed by atoms with E-state index in [4.69, 9.17) is 0 Å². The summed E-state index contributed by atoms with van der Waals surface area (Å²) in [6.45, 7) is 2.98. The van der Waals surface area contributed by atoms with Crippen molar-refractivity contribution in [3.8, 4) is 11.3 Å². The largest absolute Gasteiger partial charge is 0.416 e. The Labute approximate surface area is 418 Å². The first-order valence-corrected chi connectivity index (χ1v) is 21.4. The van der Waals surface area contributed by atoms with E-state index in [1.807, 2.05) is 18.5 Å². The number of alkyl halides is 24. The van der Waals surface area contributed by atoms with Gasteiger partial charge in [0.15, 0.2) is 18.9 Å². The van der Waals surface area contributed by atoms with Crippen molar-refractivity contribution in [2.75, 3.05) is 0 Å². The summed E-state index contributed by atoms with van der Waals surface area (Å²) >= 11 is 0. The van der Waals surface area contributed by atoms with Crippen molar-refractivity contribution >= 4 is 28.0 Å². The van der Waals surface area contributed by atoms with Crippen LogP contribution in [-0.2, 0) is 56.0 Å². The molecule has 0 spiro atoms. The lowest BCUT2D eigenvalue weighted by atomic mass is 9.12. The van der Waals surface area contributed by atoms with Crippen LogP contribution in [0.5, 0.6) is 0 Å². The maximum atomic E-state index is 14.2. The average Bonchev–Trinajstić information content (AvgIpc) is 3.30. The molecule has 27 heteroatoms. The molecule has 0 amide bonds. The van der Waals surface area contributed by atoms with Crippen molar-refractivity contribution in [2.45, 2.75) is 62.9 Å². The lowest BCUT2D eigenvalue weighted by Gasteiger charge is -2.46. The number of hydrogen-bond donors (Lipinski definition) is 0. The van der Waals surface area contributed by atoms with Gasteiger partial charge in [-0.15, -0.1) is 0 Å². The molecule has 7 rings (SSSR count). The van der Waals surface area contributed by atoms with Gasteiger partial charge in [0, 0.05) is 11.1 Å². The molecular formula is C50H29BF24N2. The maximum absolute atomic E-state index is 14.2. The molecule has 0 aliphatic heterocycles. The fourth-order valence-corrected chi connectivity index (χ4v) is 8.40. The zero-order chi connectivity index (χ0) is 57.7. The number of benzene rings is 6. The van der Waals surface area contributed by atoms with Crippen LogP contribution in [-0.4, -0.2) is 11.1 Å². The second kappa shape index (κ2) is 20.6. The molecule has 1 heterocycles. The summed E-state index contributed by atoms with van der Waals surface area (Å²) in [5, 5.41) is 0. The second-order valence-corrected chi connectivity index (χ2v) is 17.1. The molecule has 1 aromatic heterocycles. The van der Waals surface area contributed by atoms with Crippen LogP contribution in [0.15, 0.2) is 146 Å². The van der Waals surface area contributed by atoms with Gasteiger partial charge in [0.1, 0.15) is 11.8 Å². The number of hydrogen-bond acceptors (Lipinski definition) is 1. The minimum atomic E-state index is -6.13. The van der Waals surface area contributed by atoms with E-state index in [0.717, 1.165) is 12.2 Å². The van der Waals surface area contributed by atoms with Crippen molar-refractivity contribution in [2.24, 2.45) is 0 Å². The van der Waals surface area contributed by atoms with Crippen LogP contribution in [0.2, 0.25) is 0 Å². The molecule has 0 saturated heterocycles. The maximum Gasteiger partial charge on any atom is 0.416 e. The van der Waals surface area contributed by atoms with Crippen molar-refractivity contribution in [3.05, 3.63) is 202 Å². The van der Waals surface area contributed by atoms with E-state index >= 15 is 0 Å². The molecule has 0 aliphatic rings. The molecule has 0 N–H and O–H groups in total. The highest BCUT2D eigenvalue weighted by atomic mass is 19.4. The fourth-order valence-electron chi connectivity index (χ4n) is 8.40. The highest BCUT2D eigenvalue weighted by Crippen LogP contribution is 2.41.